The molecule has 1 fully saturated rings. The van der Waals surface area contributed by atoms with Crippen LogP contribution in [0.5, 0.6) is 0 Å². The van der Waals surface area contributed by atoms with E-state index in [1.54, 1.807) is 12.4 Å². The van der Waals surface area contributed by atoms with Gasteiger partial charge in [0.2, 0.25) is 0 Å². The van der Waals surface area contributed by atoms with Crippen LogP contribution >= 0.6 is 12.2 Å². The third-order valence-electron chi connectivity index (χ3n) is 2.96. The molecule has 0 spiro atoms. The lowest BCUT2D eigenvalue weighted by Gasteiger charge is -2.22. The van der Waals surface area contributed by atoms with Gasteiger partial charge in [0.1, 0.15) is 10.7 Å². The van der Waals surface area contributed by atoms with Crippen LogP contribution in [-0.2, 0) is 4.74 Å². The zero-order chi connectivity index (χ0) is 12.8. The summed E-state index contributed by atoms with van der Waals surface area (Å²) in [5.41, 5.74) is 6.15. The molecule has 0 aliphatic carbocycles. The maximum absolute atomic E-state index is 5.67. The van der Waals surface area contributed by atoms with E-state index in [1.165, 1.54) is 12.8 Å². The average molecular weight is 266 g/mol. The summed E-state index contributed by atoms with van der Waals surface area (Å²) in [5.74, 6) is 0.654. The Labute approximate surface area is 112 Å². The van der Waals surface area contributed by atoms with Gasteiger partial charge < -0.3 is 15.8 Å². The number of aromatic nitrogens is 2. The summed E-state index contributed by atoms with van der Waals surface area (Å²) in [6, 6.07) is 0. The molecule has 5 nitrogen and oxygen atoms in total. The van der Waals surface area contributed by atoms with Crippen molar-refractivity contribution in [2.24, 2.45) is 5.73 Å². The second-order valence-corrected chi connectivity index (χ2v) is 4.76. The lowest BCUT2D eigenvalue weighted by Crippen LogP contribution is -2.23. The fourth-order valence-corrected chi connectivity index (χ4v) is 2.18. The van der Waals surface area contributed by atoms with Crippen molar-refractivity contribution in [2.45, 2.75) is 31.8 Å². The monoisotopic (exact) mass is 266 g/mol. The number of rotatable bonds is 5. The third-order valence-corrected chi connectivity index (χ3v) is 3.16. The molecule has 3 N–H and O–H groups in total. The van der Waals surface area contributed by atoms with Gasteiger partial charge in [0, 0.05) is 25.5 Å². The first-order chi connectivity index (χ1) is 8.77. The molecule has 98 valence electrons. The number of nitrogens with zero attached hydrogens (tertiary/aromatic N) is 2. The molecule has 1 atom stereocenters. The quantitative estimate of drug-likeness (QED) is 0.787. The molecule has 1 saturated heterocycles. The van der Waals surface area contributed by atoms with Crippen molar-refractivity contribution in [3.63, 3.8) is 0 Å². The number of hydrogen-bond donors (Lipinski definition) is 2. The highest BCUT2D eigenvalue weighted by Crippen LogP contribution is 2.16. The number of nitrogens with two attached hydrogens (primary N) is 1. The lowest BCUT2D eigenvalue weighted by molar-refractivity contribution is 0.0134. The molecule has 0 saturated carbocycles. The van der Waals surface area contributed by atoms with Gasteiger partial charge in [0.15, 0.2) is 5.82 Å². The van der Waals surface area contributed by atoms with Crippen LogP contribution < -0.4 is 11.1 Å². The van der Waals surface area contributed by atoms with Crippen LogP contribution in [0.25, 0.3) is 0 Å². The Balaban J connectivity index is 1.84. The van der Waals surface area contributed by atoms with Gasteiger partial charge in [-0.3, -0.25) is 0 Å². The van der Waals surface area contributed by atoms with Crippen molar-refractivity contribution in [1.82, 2.24) is 9.97 Å². The summed E-state index contributed by atoms with van der Waals surface area (Å²) < 4.78 is 5.67. The minimum absolute atomic E-state index is 0.263. The van der Waals surface area contributed by atoms with Crippen LogP contribution in [0.15, 0.2) is 12.4 Å². The van der Waals surface area contributed by atoms with Crippen LogP contribution in [0.3, 0.4) is 0 Å². The second-order valence-electron chi connectivity index (χ2n) is 4.32. The molecule has 1 unspecified atom stereocenters. The van der Waals surface area contributed by atoms with Crippen molar-refractivity contribution in [1.29, 1.82) is 0 Å². The molecule has 1 aliphatic heterocycles. The molecule has 1 aromatic heterocycles. The van der Waals surface area contributed by atoms with Crippen LogP contribution in [-0.4, -0.2) is 34.2 Å². The van der Waals surface area contributed by atoms with Gasteiger partial charge in [0.25, 0.3) is 0 Å². The molecule has 6 heteroatoms. The van der Waals surface area contributed by atoms with E-state index in [0.717, 1.165) is 26.0 Å². The molecule has 2 heterocycles. The van der Waals surface area contributed by atoms with E-state index in [-0.39, 0.29) is 4.99 Å². The molecule has 0 radical (unpaired) electrons. The molecular formula is C12H18N4OS. The fraction of sp³-hybridized carbons (Fsp3) is 0.583. The zero-order valence-electron chi connectivity index (χ0n) is 10.3. The first-order valence-electron chi connectivity index (χ1n) is 6.23. The Morgan fingerprint density at radius 1 is 1.44 bits per heavy atom. The van der Waals surface area contributed by atoms with Gasteiger partial charge in [-0.2, -0.15) is 0 Å². The largest absolute Gasteiger partial charge is 0.388 e. The summed E-state index contributed by atoms with van der Waals surface area (Å²) in [5, 5.41) is 3.22. The van der Waals surface area contributed by atoms with Crippen LogP contribution in [0, 0.1) is 0 Å². The van der Waals surface area contributed by atoms with Crippen molar-refractivity contribution in [2.75, 3.05) is 18.5 Å². The predicted octanol–water partition coefficient (Wildman–Crippen LogP) is 1.48. The van der Waals surface area contributed by atoms with E-state index < -0.39 is 0 Å². The molecule has 2 rings (SSSR count). The van der Waals surface area contributed by atoms with Gasteiger partial charge in [-0.15, -0.1) is 0 Å². The van der Waals surface area contributed by atoms with Gasteiger partial charge in [-0.25, -0.2) is 9.97 Å². The molecular weight excluding hydrogens is 248 g/mol. The van der Waals surface area contributed by atoms with Crippen molar-refractivity contribution < 1.29 is 4.74 Å². The van der Waals surface area contributed by atoms with E-state index >= 15 is 0 Å². The maximum atomic E-state index is 5.67. The Hall–Kier alpha value is -1.27. The molecule has 1 aromatic rings. The van der Waals surface area contributed by atoms with Crippen LogP contribution in [0.1, 0.15) is 31.4 Å². The van der Waals surface area contributed by atoms with E-state index in [2.05, 4.69) is 15.3 Å². The third kappa shape index (κ3) is 3.61. The maximum Gasteiger partial charge on any atom is 0.155 e. The fourth-order valence-electron chi connectivity index (χ4n) is 2.03. The van der Waals surface area contributed by atoms with E-state index in [1.807, 2.05) is 0 Å². The number of ether oxygens (including phenoxy) is 1. The average Bonchev–Trinajstić information content (AvgIpc) is 2.40. The van der Waals surface area contributed by atoms with Crippen LogP contribution in [0.2, 0.25) is 0 Å². The SMILES string of the molecule is NC(=S)c1nccnc1NCCC1CCCCO1. The van der Waals surface area contributed by atoms with Gasteiger partial charge in [-0.05, 0) is 25.7 Å². The minimum atomic E-state index is 0.263. The number of hydrogen-bond acceptors (Lipinski definition) is 5. The standard InChI is InChI=1S/C12H18N4OS/c13-11(18)10-12(16-7-6-14-10)15-5-4-9-3-1-2-8-17-9/h6-7,9H,1-5,8H2,(H2,13,18)(H,15,16). The predicted molar refractivity (Wildman–Crippen MR) is 74.6 cm³/mol. The topological polar surface area (TPSA) is 73.1 Å². The molecule has 1 aliphatic rings. The Morgan fingerprint density at radius 2 is 2.28 bits per heavy atom. The summed E-state index contributed by atoms with van der Waals surface area (Å²) >= 11 is 4.94. The number of nitrogens with one attached hydrogen (secondary N) is 1. The molecule has 0 aromatic carbocycles. The summed E-state index contributed by atoms with van der Waals surface area (Å²) in [4.78, 5) is 8.59. The molecule has 18 heavy (non-hydrogen) atoms. The van der Waals surface area contributed by atoms with Crippen molar-refractivity contribution >= 4 is 23.0 Å². The molecule has 0 amide bonds. The van der Waals surface area contributed by atoms with Crippen molar-refractivity contribution in [3.8, 4) is 0 Å². The smallest absolute Gasteiger partial charge is 0.155 e. The first-order valence-corrected chi connectivity index (χ1v) is 6.64. The van der Waals surface area contributed by atoms with E-state index in [4.69, 9.17) is 22.7 Å². The normalized spacial score (nSPS) is 19.4. The minimum Gasteiger partial charge on any atom is -0.388 e. The van der Waals surface area contributed by atoms with E-state index in [0.29, 0.717) is 17.6 Å². The van der Waals surface area contributed by atoms with Crippen molar-refractivity contribution in [3.05, 3.63) is 18.1 Å². The highest BCUT2D eigenvalue weighted by molar-refractivity contribution is 7.80. The number of anilines is 1. The first kappa shape index (κ1) is 13.2. The summed E-state index contributed by atoms with van der Waals surface area (Å²) in [6.07, 6.45) is 8.12. The Bertz CT molecular complexity index is 407. The van der Waals surface area contributed by atoms with Gasteiger partial charge in [0.05, 0.1) is 6.10 Å². The zero-order valence-corrected chi connectivity index (χ0v) is 11.1. The summed E-state index contributed by atoms with van der Waals surface area (Å²) in [7, 11) is 0. The summed E-state index contributed by atoms with van der Waals surface area (Å²) in [6.45, 7) is 1.67. The van der Waals surface area contributed by atoms with Gasteiger partial charge in [-0.1, -0.05) is 12.2 Å². The number of thiocarbonyl (C=S) groups is 1. The van der Waals surface area contributed by atoms with Gasteiger partial charge >= 0.3 is 0 Å². The Kier molecular flexibility index (Phi) is 4.83. The lowest BCUT2D eigenvalue weighted by atomic mass is 10.1. The highest BCUT2D eigenvalue weighted by Gasteiger charge is 2.14. The highest BCUT2D eigenvalue weighted by atomic mass is 32.1. The van der Waals surface area contributed by atoms with Crippen LogP contribution in [0.4, 0.5) is 5.82 Å². The van der Waals surface area contributed by atoms with E-state index in [9.17, 15) is 0 Å². The second kappa shape index (κ2) is 6.61. The Morgan fingerprint density at radius 3 is 3.00 bits per heavy atom. The molecule has 0 bridgehead atoms.